The molecule has 2 aromatic carbocycles. The number of anilines is 2. The summed E-state index contributed by atoms with van der Waals surface area (Å²) in [5.74, 6) is -1.62. The highest BCUT2D eigenvalue weighted by Gasteiger charge is 2.36. The van der Waals surface area contributed by atoms with Crippen LogP contribution in [0.15, 0.2) is 48.5 Å². The molecule has 1 N–H and O–H groups in total. The summed E-state index contributed by atoms with van der Waals surface area (Å²) in [6.07, 6.45) is 0.0895. The minimum atomic E-state index is -0.564. The molecule has 1 saturated heterocycles. The molecule has 140 valence electrons. The molecular weight excluding hydrogens is 344 g/mol. The first kappa shape index (κ1) is 18.6. The Morgan fingerprint density at radius 2 is 1.85 bits per heavy atom. The third-order valence-electron chi connectivity index (χ3n) is 4.45. The van der Waals surface area contributed by atoms with Crippen LogP contribution in [-0.4, -0.2) is 30.9 Å². The van der Waals surface area contributed by atoms with E-state index in [0.717, 1.165) is 16.8 Å². The van der Waals surface area contributed by atoms with Gasteiger partial charge in [0.05, 0.1) is 5.92 Å². The van der Waals surface area contributed by atoms with E-state index in [9.17, 15) is 14.4 Å². The minimum Gasteiger partial charge on any atom is -0.455 e. The van der Waals surface area contributed by atoms with Crippen molar-refractivity contribution in [3.8, 4) is 0 Å². The number of esters is 1. The van der Waals surface area contributed by atoms with Gasteiger partial charge in [0, 0.05) is 24.3 Å². The molecule has 0 aliphatic carbocycles. The van der Waals surface area contributed by atoms with E-state index < -0.39 is 17.8 Å². The summed E-state index contributed by atoms with van der Waals surface area (Å²) in [5, 5.41) is 2.68. The Morgan fingerprint density at radius 1 is 1.11 bits per heavy atom. The average Bonchev–Trinajstić information content (AvgIpc) is 3.02. The lowest BCUT2D eigenvalue weighted by molar-refractivity contribution is -0.151. The Morgan fingerprint density at radius 3 is 2.56 bits per heavy atom. The minimum absolute atomic E-state index is 0.0895. The number of nitrogens with one attached hydrogen (secondary N) is 1. The third kappa shape index (κ3) is 4.73. The lowest BCUT2D eigenvalue weighted by Crippen LogP contribution is -2.28. The van der Waals surface area contributed by atoms with Gasteiger partial charge in [-0.15, -0.1) is 0 Å². The number of aryl methyl sites for hydroxylation is 2. The summed E-state index contributed by atoms with van der Waals surface area (Å²) >= 11 is 0. The second kappa shape index (κ2) is 8.03. The van der Waals surface area contributed by atoms with Crippen molar-refractivity contribution in [2.75, 3.05) is 23.4 Å². The molecule has 1 aliphatic heterocycles. The van der Waals surface area contributed by atoms with Crippen molar-refractivity contribution in [3.63, 3.8) is 0 Å². The molecule has 6 nitrogen and oxygen atoms in total. The van der Waals surface area contributed by atoms with Crippen molar-refractivity contribution in [3.05, 3.63) is 59.7 Å². The highest BCUT2D eigenvalue weighted by molar-refractivity contribution is 6.00. The van der Waals surface area contributed by atoms with Gasteiger partial charge in [-0.3, -0.25) is 14.4 Å². The molecule has 1 aliphatic rings. The zero-order valence-corrected chi connectivity index (χ0v) is 15.4. The van der Waals surface area contributed by atoms with Gasteiger partial charge in [0.2, 0.25) is 5.91 Å². The van der Waals surface area contributed by atoms with E-state index in [1.54, 1.807) is 11.0 Å². The van der Waals surface area contributed by atoms with Crippen LogP contribution >= 0.6 is 0 Å². The highest BCUT2D eigenvalue weighted by Crippen LogP contribution is 2.26. The van der Waals surface area contributed by atoms with Crippen LogP contribution in [0, 0.1) is 19.8 Å². The van der Waals surface area contributed by atoms with E-state index in [0.29, 0.717) is 5.69 Å². The van der Waals surface area contributed by atoms with E-state index in [2.05, 4.69) is 5.32 Å². The number of ether oxygens (including phenoxy) is 1. The molecule has 1 unspecified atom stereocenters. The molecule has 6 heteroatoms. The molecule has 0 spiro atoms. The molecule has 2 amide bonds. The number of carbonyl (C=O) groups is 3. The van der Waals surface area contributed by atoms with Gasteiger partial charge in [0.25, 0.3) is 5.91 Å². The number of hydrogen-bond donors (Lipinski definition) is 1. The summed E-state index contributed by atoms with van der Waals surface area (Å²) in [7, 11) is 0. The van der Waals surface area contributed by atoms with Crippen molar-refractivity contribution in [1.82, 2.24) is 0 Å². The van der Waals surface area contributed by atoms with Crippen LogP contribution < -0.4 is 10.2 Å². The van der Waals surface area contributed by atoms with Crippen LogP contribution in [0.5, 0.6) is 0 Å². The number of benzene rings is 2. The van der Waals surface area contributed by atoms with Crippen molar-refractivity contribution in [1.29, 1.82) is 0 Å². The first-order valence-corrected chi connectivity index (χ1v) is 8.82. The monoisotopic (exact) mass is 366 g/mol. The van der Waals surface area contributed by atoms with Crippen LogP contribution in [0.4, 0.5) is 11.4 Å². The van der Waals surface area contributed by atoms with Crippen LogP contribution in [-0.2, 0) is 19.1 Å². The molecule has 0 aromatic heterocycles. The fourth-order valence-corrected chi connectivity index (χ4v) is 3.01. The van der Waals surface area contributed by atoms with E-state index in [4.69, 9.17) is 4.74 Å². The van der Waals surface area contributed by atoms with Gasteiger partial charge >= 0.3 is 5.97 Å². The summed E-state index contributed by atoms with van der Waals surface area (Å²) in [4.78, 5) is 38.0. The number of rotatable bonds is 5. The SMILES string of the molecule is Cc1ccc(N2CC(C(=O)OCC(=O)Nc3cccc(C)c3)CC2=O)cc1. The van der Waals surface area contributed by atoms with Crippen LogP contribution in [0.2, 0.25) is 0 Å². The lowest BCUT2D eigenvalue weighted by Gasteiger charge is -2.16. The third-order valence-corrected chi connectivity index (χ3v) is 4.45. The molecule has 1 heterocycles. The smallest absolute Gasteiger partial charge is 0.311 e. The zero-order valence-electron chi connectivity index (χ0n) is 15.4. The van der Waals surface area contributed by atoms with Crippen LogP contribution in [0.1, 0.15) is 17.5 Å². The average molecular weight is 366 g/mol. The van der Waals surface area contributed by atoms with Gasteiger partial charge in [-0.1, -0.05) is 29.8 Å². The molecule has 3 rings (SSSR count). The van der Waals surface area contributed by atoms with Gasteiger partial charge in [0.1, 0.15) is 0 Å². The highest BCUT2D eigenvalue weighted by atomic mass is 16.5. The Kier molecular flexibility index (Phi) is 5.54. The Labute approximate surface area is 158 Å². The summed E-state index contributed by atoms with van der Waals surface area (Å²) < 4.78 is 5.11. The molecule has 1 atom stereocenters. The molecular formula is C21H22N2O4. The Balaban J connectivity index is 1.52. The summed E-state index contributed by atoms with van der Waals surface area (Å²) in [5.41, 5.74) is 3.53. The van der Waals surface area contributed by atoms with E-state index in [1.165, 1.54) is 0 Å². The normalized spacial score (nSPS) is 16.3. The van der Waals surface area contributed by atoms with Gasteiger partial charge in [-0.25, -0.2) is 0 Å². The molecule has 2 aromatic rings. The van der Waals surface area contributed by atoms with Crippen molar-refractivity contribution in [2.45, 2.75) is 20.3 Å². The van der Waals surface area contributed by atoms with Crippen molar-refractivity contribution < 1.29 is 19.1 Å². The number of nitrogens with zero attached hydrogens (tertiary/aromatic N) is 1. The first-order valence-electron chi connectivity index (χ1n) is 8.82. The fraction of sp³-hybridized carbons (Fsp3) is 0.286. The van der Waals surface area contributed by atoms with Gasteiger partial charge in [-0.2, -0.15) is 0 Å². The van der Waals surface area contributed by atoms with Crippen molar-refractivity contribution in [2.24, 2.45) is 5.92 Å². The molecule has 0 saturated carbocycles. The number of hydrogen-bond acceptors (Lipinski definition) is 4. The van der Waals surface area contributed by atoms with Gasteiger partial charge in [-0.05, 0) is 43.7 Å². The van der Waals surface area contributed by atoms with E-state index in [1.807, 2.05) is 56.3 Å². The predicted molar refractivity (Wildman–Crippen MR) is 102 cm³/mol. The predicted octanol–water partition coefficient (Wildman–Crippen LogP) is 2.84. The Hall–Kier alpha value is -3.15. The number of amides is 2. The molecule has 0 bridgehead atoms. The topological polar surface area (TPSA) is 75.7 Å². The molecule has 0 radical (unpaired) electrons. The van der Waals surface area contributed by atoms with Crippen LogP contribution in [0.3, 0.4) is 0 Å². The van der Waals surface area contributed by atoms with E-state index in [-0.39, 0.29) is 25.5 Å². The maximum Gasteiger partial charge on any atom is 0.311 e. The second-order valence-electron chi connectivity index (χ2n) is 6.77. The summed E-state index contributed by atoms with van der Waals surface area (Å²) in [6, 6.07) is 14.9. The van der Waals surface area contributed by atoms with Crippen LogP contribution in [0.25, 0.3) is 0 Å². The first-order chi connectivity index (χ1) is 12.9. The quantitative estimate of drug-likeness (QED) is 0.826. The van der Waals surface area contributed by atoms with Gasteiger partial charge < -0.3 is 15.0 Å². The zero-order chi connectivity index (χ0) is 19.4. The largest absolute Gasteiger partial charge is 0.455 e. The van der Waals surface area contributed by atoms with Crippen molar-refractivity contribution >= 4 is 29.2 Å². The molecule has 1 fully saturated rings. The maximum absolute atomic E-state index is 12.3. The standard InChI is InChI=1S/C21H22N2O4/c1-14-6-8-18(9-7-14)23-12-16(11-20(23)25)21(26)27-13-19(24)22-17-5-3-4-15(2)10-17/h3-10,16H,11-13H2,1-2H3,(H,22,24). The van der Waals surface area contributed by atoms with Gasteiger partial charge in [0.15, 0.2) is 6.61 Å². The second-order valence-corrected chi connectivity index (χ2v) is 6.77. The lowest BCUT2D eigenvalue weighted by atomic mass is 10.1. The fourth-order valence-electron chi connectivity index (χ4n) is 3.01. The van der Waals surface area contributed by atoms with E-state index >= 15 is 0 Å². The summed E-state index contributed by atoms with van der Waals surface area (Å²) in [6.45, 7) is 3.78. The molecule has 27 heavy (non-hydrogen) atoms. The Bertz CT molecular complexity index is 861. The number of carbonyl (C=O) groups excluding carboxylic acids is 3. The maximum atomic E-state index is 12.3.